The lowest BCUT2D eigenvalue weighted by atomic mass is 9.95. The van der Waals surface area contributed by atoms with Gasteiger partial charge in [0.05, 0.1) is 5.02 Å². The smallest absolute Gasteiger partial charge is 0.324 e. The van der Waals surface area contributed by atoms with Crippen molar-refractivity contribution in [3.63, 3.8) is 0 Å². The summed E-state index contributed by atoms with van der Waals surface area (Å²) in [7, 11) is 0. The minimum absolute atomic E-state index is 0.0351. The minimum Gasteiger partial charge on any atom is -0.363 e. The van der Waals surface area contributed by atoms with E-state index in [0.717, 1.165) is 11.1 Å². The molecule has 4 amide bonds. The monoisotopic (exact) mass is 383 g/mol. The van der Waals surface area contributed by atoms with E-state index < -0.39 is 23.5 Å². The summed E-state index contributed by atoms with van der Waals surface area (Å²) in [6.07, 6.45) is 0.158. The number of rotatable bonds is 3. The lowest BCUT2D eigenvalue weighted by Crippen LogP contribution is -2.47. The third-order valence-electron chi connectivity index (χ3n) is 4.83. The molecule has 0 spiro atoms. The summed E-state index contributed by atoms with van der Waals surface area (Å²) in [6.45, 7) is 2.75. The van der Waals surface area contributed by atoms with E-state index in [1.165, 1.54) is 6.07 Å². The fourth-order valence-corrected chi connectivity index (χ4v) is 3.56. The quantitative estimate of drug-likeness (QED) is 0.685. The van der Waals surface area contributed by atoms with Crippen LogP contribution in [-0.2, 0) is 16.0 Å². The molecule has 0 unspecified atom stereocenters. The molecule has 0 aromatic heterocycles. The van der Waals surface area contributed by atoms with Gasteiger partial charge in [0.15, 0.2) is 0 Å². The number of imide groups is 1. The molecule has 3 rings (SSSR count). The van der Waals surface area contributed by atoms with Crippen molar-refractivity contribution in [3.05, 3.63) is 34.1 Å². The van der Waals surface area contributed by atoms with E-state index in [9.17, 15) is 23.9 Å². The van der Waals surface area contributed by atoms with Crippen LogP contribution in [0.5, 0.6) is 0 Å². The largest absolute Gasteiger partial charge is 0.363 e. The highest BCUT2D eigenvalue weighted by atomic mass is 35.5. The van der Waals surface area contributed by atoms with Crippen LogP contribution in [0.1, 0.15) is 36.8 Å². The van der Waals surface area contributed by atoms with Gasteiger partial charge in [-0.25, -0.2) is 9.18 Å². The van der Waals surface area contributed by atoms with E-state index in [4.69, 9.17) is 11.6 Å². The number of fused-ring (bicyclic) bond motifs is 1. The van der Waals surface area contributed by atoms with Crippen molar-refractivity contribution in [2.75, 3.05) is 13.1 Å². The number of carbonyl (C=O) groups excluding carboxylic acids is 3. The second-order valence-corrected chi connectivity index (χ2v) is 7.13. The van der Waals surface area contributed by atoms with Gasteiger partial charge in [0.25, 0.3) is 5.91 Å². The minimum atomic E-state index is -2.07. The Morgan fingerprint density at radius 1 is 1.46 bits per heavy atom. The molecule has 2 aliphatic heterocycles. The molecule has 26 heavy (non-hydrogen) atoms. The van der Waals surface area contributed by atoms with Gasteiger partial charge in [0.1, 0.15) is 5.82 Å². The first-order valence-corrected chi connectivity index (χ1v) is 8.69. The van der Waals surface area contributed by atoms with E-state index in [1.807, 2.05) is 12.2 Å². The highest BCUT2D eigenvalue weighted by molar-refractivity contribution is 6.30. The van der Waals surface area contributed by atoms with Gasteiger partial charge >= 0.3 is 6.03 Å². The first kappa shape index (κ1) is 18.6. The highest BCUT2D eigenvalue weighted by Crippen LogP contribution is 2.30. The molecule has 0 aliphatic carbocycles. The van der Waals surface area contributed by atoms with Crippen LogP contribution in [0.25, 0.3) is 0 Å². The van der Waals surface area contributed by atoms with Crippen molar-refractivity contribution in [1.82, 2.24) is 15.5 Å². The summed E-state index contributed by atoms with van der Waals surface area (Å²) in [5, 5.41) is 14.2. The summed E-state index contributed by atoms with van der Waals surface area (Å²) in [6, 6.07) is 2.22. The molecular weight excluding hydrogens is 365 g/mol. The van der Waals surface area contributed by atoms with Crippen LogP contribution in [0.15, 0.2) is 12.1 Å². The van der Waals surface area contributed by atoms with Gasteiger partial charge in [-0.05, 0) is 35.6 Å². The Balaban J connectivity index is 1.66. The zero-order chi connectivity index (χ0) is 19.1. The maximum Gasteiger partial charge on any atom is 0.324 e. The third kappa shape index (κ3) is 3.52. The molecule has 7 nitrogen and oxygen atoms in total. The van der Waals surface area contributed by atoms with Gasteiger partial charge < -0.3 is 15.3 Å². The lowest BCUT2D eigenvalue weighted by Gasteiger charge is -2.25. The Kier molecular flexibility index (Phi) is 4.90. The number of aliphatic hydroxyl groups is 1. The molecule has 140 valence electrons. The second-order valence-electron chi connectivity index (χ2n) is 6.72. The van der Waals surface area contributed by atoms with Crippen molar-refractivity contribution >= 4 is 29.4 Å². The number of urea groups is 1. The molecule has 2 heterocycles. The number of hydrogen-bond donors (Lipinski definition) is 3. The standard InChI is InChI=1S/C17H19ClFN3O4/c1-9-8-22(5-3-10-6-13(19)12(18)7-11(9)10)14(23)2-4-17(26)15(24)20-16(25)21-17/h6-7,9,26H,2-5,8H2,1H3,(H2,20,21,24,25)/t9-,17+/m1/s1. The second kappa shape index (κ2) is 6.85. The van der Waals surface area contributed by atoms with Crippen molar-refractivity contribution < 1.29 is 23.9 Å². The first-order chi connectivity index (χ1) is 12.2. The number of halogens is 2. The molecule has 0 bridgehead atoms. The molecule has 9 heteroatoms. The summed E-state index contributed by atoms with van der Waals surface area (Å²) < 4.78 is 13.7. The Hall–Kier alpha value is -2.19. The highest BCUT2D eigenvalue weighted by Gasteiger charge is 2.44. The molecule has 1 aromatic rings. The predicted molar refractivity (Wildman–Crippen MR) is 91.0 cm³/mol. The first-order valence-electron chi connectivity index (χ1n) is 8.31. The van der Waals surface area contributed by atoms with Crippen LogP contribution in [-0.4, -0.2) is 46.7 Å². The molecule has 1 fully saturated rings. The van der Waals surface area contributed by atoms with E-state index >= 15 is 0 Å². The van der Waals surface area contributed by atoms with Crippen molar-refractivity contribution in [2.24, 2.45) is 0 Å². The summed E-state index contributed by atoms with van der Waals surface area (Å²) >= 11 is 5.87. The van der Waals surface area contributed by atoms with Gasteiger partial charge in [-0.15, -0.1) is 0 Å². The van der Waals surface area contributed by atoms with Crippen LogP contribution in [0.4, 0.5) is 9.18 Å². The Labute approximate surface area is 154 Å². The normalized spacial score (nSPS) is 25.4. The Morgan fingerprint density at radius 2 is 2.19 bits per heavy atom. The maximum atomic E-state index is 13.7. The van der Waals surface area contributed by atoms with Gasteiger partial charge in [0.2, 0.25) is 11.6 Å². The van der Waals surface area contributed by atoms with Crippen LogP contribution in [0.2, 0.25) is 5.02 Å². The zero-order valence-electron chi connectivity index (χ0n) is 14.1. The molecule has 2 aliphatic rings. The van der Waals surface area contributed by atoms with E-state index in [0.29, 0.717) is 19.5 Å². The van der Waals surface area contributed by atoms with Crippen molar-refractivity contribution in [1.29, 1.82) is 0 Å². The molecule has 0 radical (unpaired) electrons. The topological polar surface area (TPSA) is 98.7 Å². The van der Waals surface area contributed by atoms with Gasteiger partial charge in [-0.1, -0.05) is 18.5 Å². The SMILES string of the molecule is C[C@@H]1CN(C(=O)CC[C@@]2(O)NC(=O)NC2=O)CCc2cc(F)c(Cl)cc21. The molecule has 0 saturated carbocycles. The fourth-order valence-electron chi connectivity index (χ4n) is 3.39. The van der Waals surface area contributed by atoms with E-state index in [2.05, 4.69) is 5.32 Å². The average Bonchev–Trinajstić information content (AvgIpc) is 2.73. The molecular formula is C17H19ClFN3O4. The fraction of sp³-hybridized carbons (Fsp3) is 0.471. The summed E-state index contributed by atoms with van der Waals surface area (Å²) in [5.74, 6) is -1.63. The molecule has 1 aromatic carbocycles. The number of carbonyl (C=O) groups is 3. The molecule has 3 N–H and O–H groups in total. The predicted octanol–water partition coefficient (Wildman–Crippen LogP) is 1.28. The number of nitrogens with zero attached hydrogens (tertiary/aromatic N) is 1. The Bertz CT molecular complexity index is 788. The van der Waals surface area contributed by atoms with E-state index in [-0.39, 0.29) is 29.7 Å². The Morgan fingerprint density at radius 3 is 2.85 bits per heavy atom. The zero-order valence-corrected chi connectivity index (χ0v) is 14.9. The van der Waals surface area contributed by atoms with Crippen molar-refractivity contribution in [2.45, 2.75) is 37.8 Å². The molecule has 2 atom stereocenters. The number of nitrogens with one attached hydrogen (secondary N) is 2. The third-order valence-corrected chi connectivity index (χ3v) is 5.12. The summed E-state index contributed by atoms with van der Waals surface area (Å²) in [5.41, 5.74) is -0.340. The van der Waals surface area contributed by atoms with Crippen LogP contribution in [0, 0.1) is 5.82 Å². The van der Waals surface area contributed by atoms with Crippen LogP contribution >= 0.6 is 11.6 Å². The van der Waals surface area contributed by atoms with Gasteiger partial charge in [-0.2, -0.15) is 0 Å². The number of amides is 4. The van der Waals surface area contributed by atoms with E-state index in [1.54, 1.807) is 11.0 Å². The van der Waals surface area contributed by atoms with Crippen LogP contribution < -0.4 is 10.6 Å². The van der Waals surface area contributed by atoms with Gasteiger partial charge in [-0.3, -0.25) is 14.9 Å². The average molecular weight is 384 g/mol. The number of benzene rings is 1. The van der Waals surface area contributed by atoms with Gasteiger partial charge in [0, 0.05) is 25.9 Å². The maximum absolute atomic E-state index is 13.7. The lowest BCUT2D eigenvalue weighted by molar-refractivity contribution is -0.140. The van der Waals surface area contributed by atoms with Crippen LogP contribution in [0.3, 0.4) is 0 Å². The van der Waals surface area contributed by atoms with Crippen molar-refractivity contribution in [3.8, 4) is 0 Å². The summed E-state index contributed by atoms with van der Waals surface area (Å²) in [4.78, 5) is 36.9. The number of hydrogen-bond acceptors (Lipinski definition) is 4. The molecule has 1 saturated heterocycles.